The highest BCUT2D eigenvalue weighted by Crippen LogP contribution is 2.65. The lowest BCUT2D eigenvalue weighted by atomic mass is 9.78. The second-order valence-electron chi connectivity index (χ2n) is 8.99. The van der Waals surface area contributed by atoms with Crippen LogP contribution in [0, 0.1) is 11.3 Å². The monoisotopic (exact) mass is 486 g/mol. The molecule has 3 aromatic rings. The van der Waals surface area contributed by atoms with E-state index in [4.69, 9.17) is 14.7 Å². The van der Waals surface area contributed by atoms with Crippen LogP contribution in [-0.4, -0.2) is 26.5 Å². The van der Waals surface area contributed by atoms with Crippen LogP contribution in [0.3, 0.4) is 0 Å². The first-order valence-corrected chi connectivity index (χ1v) is 10.9. The number of halogens is 3. The quantitative estimate of drug-likeness (QED) is 0.458. The standard InChI is InChI=1S/C25H21F3N2O5/c1-23-8-9-24(35-23,10-11-34-17-6-4-16(31)5-7-17)20-19(23)21(32)30(22(20)33)15-3-2-14(13-29)18(12-15)25(26,27)28/h2-7,12,31-33H,8-11H2,1H3/t23-,24-/m1/s1. The van der Waals surface area contributed by atoms with Crippen molar-refractivity contribution in [2.24, 2.45) is 0 Å². The Morgan fingerprint density at radius 3 is 2.40 bits per heavy atom. The number of nitrogens with zero attached hydrogens (tertiary/aromatic N) is 2. The maximum Gasteiger partial charge on any atom is 0.417 e. The lowest BCUT2D eigenvalue weighted by Gasteiger charge is -2.26. The first-order chi connectivity index (χ1) is 16.5. The lowest BCUT2D eigenvalue weighted by molar-refractivity contribution is -0.137. The maximum atomic E-state index is 13.5. The number of nitriles is 1. The summed E-state index contributed by atoms with van der Waals surface area (Å²) < 4.78 is 53.6. The third kappa shape index (κ3) is 3.46. The highest BCUT2D eigenvalue weighted by molar-refractivity contribution is 5.62. The lowest BCUT2D eigenvalue weighted by Crippen LogP contribution is -2.25. The zero-order valence-corrected chi connectivity index (χ0v) is 18.6. The minimum Gasteiger partial charge on any atom is -0.508 e. The van der Waals surface area contributed by atoms with Gasteiger partial charge in [0.2, 0.25) is 11.8 Å². The number of hydrogen-bond acceptors (Lipinski definition) is 6. The fourth-order valence-corrected chi connectivity index (χ4v) is 5.23. The van der Waals surface area contributed by atoms with E-state index in [0.717, 1.165) is 16.7 Å². The molecule has 10 heteroatoms. The van der Waals surface area contributed by atoms with E-state index in [2.05, 4.69) is 0 Å². The fraction of sp³-hybridized carbons (Fsp3) is 0.320. The van der Waals surface area contributed by atoms with Gasteiger partial charge in [0.1, 0.15) is 17.1 Å². The summed E-state index contributed by atoms with van der Waals surface area (Å²) in [6.07, 6.45) is -3.41. The van der Waals surface area contributed by atoms with Crippen molar-refractivity contribution in [3.05, 3.63) is 64.7 Å². The third-order valence-electron chi connectivity index (χ3n) is 6.83. The van der Waals surface area contributed by atoms with Gasteiger partial charge in [-0.15, -0.1) is 0 Å². The first kappa shape index (κ1) is 22.9. The zero-order chi connectivity index (χ0) is 25.2. The topological polar surface area (TPSA) is 108 Å². The van der Waals surface area contributed by atoms with Gasteiger partial charge in [0, 0.05) is 6.42 Å². The van der Waals surface area contributed by atoms with Gasteiger partial charge in [-0.3, -0.25) is 4.57 Å². The Morgan fingerprint density at radius 1 is 1.06 bits per heavy atom. The number of hydrogen-bond donors (Lipinski definition) is 3. The van der Waals surface area contributed by atoms with Crippen LogP contribution in [0.15, 0.2) is 42.5 Å². The number of aromatic hydroxyl groups is 3. The predicted molar refractivity (Wildman–Crippen MR) is 116 cm³/mol. The van der Waals surface area contributed by atoms with E-state index in [0.29, 0.717) is 36.1 Å². The van der Waals surface area contributed by atoms with Crippen LogP contribution in [0.1, 0.15) is 48.4 Å². The van der Waals surface area contributed by atoms with E-state index in [1.165, 1.54) is 24.3 Å². The number of phenolic OH excluding ortho intramolecular Hbond substituents is 1. The predicted octanol–water partition coefficient (Wildman–Crippen LogP) is 5.19. The number of benzene rings is 2. The molecule has 0 unspecified atom stereocenters. The summed E-state index contributed by atoms with van der Waals surface area (Å²) in [5.74, 6) is -0.188. The summed E-state index contributed by atoms with van der Waals surface area (Å²) in [6.45, 7) is 1.96. The summed E-state index contributed by atoms with van der Waals surface area (Å²) in [5.41, 5.74) is -3.10. The second kappa shape index (κ2) is 7.58. The number of rotatable bonds is 5. The Labute approximate surface area is 198 Å². The Kier molecular flexibility index (Phi) is 4.97. The number of fused-ring (bicyclic) bond motifs is 5. The highest BCUT2D eigenvalue weighted by atomic mass is 19.4. The summed E-state index contributed by atoms with van der Waals surface area (Å²) >= 11 is 0. The highest BCUT2D eigenvalue weighted by Gasteiger charge is 2.61. The summed E-state index contributed by atoms with van der Waals surface area (Å²) in [5, 5.41) is 40.7. The number of phenols is 1. The van der Waals surface area contributed by atoms with Crippen molar-refractivity contribution in [1.82, 2.24) is 4.57 Å². The molecule has 7 nitrogen and oxygen atoms in total. The molecule has 0 aliphatic carbocycles. The van der Waals surface area contributed by atoms with Crippen LogP contribution < -0.4 is 4.74 Å². The van der Waals surface area contributed by atoms with Crippen molar-refractivity contribution in [3.8, 4) is 35.0 Å². The van der Waals surface area contributed by atoms with Crippen LogP contribution in [0.4, 0.5) is 13.2 Å². The molecule has 2 bridgehead atoms. The molecular formula is C25H21F3N2O5. The van der Waals surface area contributed by atoms with E-state index in [1.807, 2.05) is 0 Å². The summed E-state index contributed by atoms with van der Waals surface area (Å²) in [4.78, 5) is 0. The molecule has 35 heavy (non-hydrogen) atoms. The SMILES string of the molecule is C[C@]12CC[C@](CCOc3ccc(O)cc3)(O1)c1c2c(O)n(-c2ccc(C#N)c(C(F)(F)F)c2)c1O. The van der Waals surface area contributed by atoms with Crippen LogP contribution in [0.25, 0.3) is 5.69 Å². The molecule has 2 atom stereocenters. The Balaban J connectivity index is 1.53. The number of aromatic nitrogens is 1. The summed E-state index contributed by atoms with van der Waals surface area (Å²) in [6, 6.07) is 10.7. The molecule has 0 saturated carbocycles. The Hall–Kier alpha value is -3.84. The number of ether oxygens (including phenoxy) is 2. The minimum atomic E-state index is -4.79. The second-order valence-corrected chi connectivity index (χ2v) is 8.99. The Bertz CT molecular complexity index is 1360. The van der Waals surface area contributed by atoms with Crippen LogP contribution in [-0.2, 0) is 22.1 Å². The largest absolute Gasteiger partial charge is 0.508 e. The van der Waals surface area contributed by atoms with Gasteiger partial charge in [-0.05, 0) is 62.2 Å². The molecule has 3 heterocycles. The molecule has 2 aliphatic heterocycles. The van der Waals surface area contributed by atoms with Gasteiger partial charge in [0.15, 0.2) is 0 Å². The van der Waals surface area contributed by atoms with Crippen LogP contribution >= 0.6 is 0 Å². The van der Waals surface area contributed by atoms with Crippen LogP contribution in [0.5, 0.6) is 23.3 Å². The van der Waals surface area contributed by atoms with Gasteiger partial charge in [-0.1, -0.05) is 0 Å². The molecule has 5 rings (SSSR count). The average molecular weight is 486 g/mol. The van der Waals surface area contributed by atoms with E-state index >= 15 is 0 Å². The molecule has 0 radical (unpaired) electrons. The first-order valence-electron chi connectivity index (χ1n) is 10.9. The van der Waals surface area contributed by atoms with Gasteiger partial charge in [-0.2, -0.15) is 18.4 Å². The normalized spacial score (nSPS) is 22.7. The van der Waals surface area contributed by atoms with Crippen molar-refractivity contribution in [2.75, 3.05) is 6.61 Å². The van der Waals surface area contributed by atoms with Crippen molar-refractivity contribution in [2.45, 2.75) is 43.6 Å². The van der Waals surface area contributed by atoms with Crippen molar-refractivity contribution < 1.29 is 38.0 Å². The Morgan fingerprint density at radius 2 is 1.74 bits per heavy atom. The molecule has 2 aromatic carbocycles. The molecule has 1 aromatic heterocycles. The van der Waals surface area contributed by atoms with Crippen molar-refractivity contribution in [3.63, 3.8) is 0 Å². The van der Waals surface area contributed by atoms with Gasteiger partial charge < -0.3 is 24.8 Å². The molecule has 0 amide bonds. The summed E-state index contributed by atoms with van der Waals surface area (Å²) in [7, 11) is 0. The smallest absolute Gasteiger partial charge is 0.417 e. The van der Waals surface area contributed by atoms with E-state index < -0.39 is 40.3 Å². The number of alkyl halides is 3. The van der Waals surface area contributed by atoms with Gasteiger partial charge in [0.25, 0.3) is 0 Å². The molecule has 1 saturated heterocycles. The van der Waals surface area contributed by atoms with Crippen LogP contribution in [0.2, 0.25) is 0 Å². The average Bonchev–Trinajstić information content (AvgIpc) is 3.38. The molecule has 3 N–H and O–H groups in total. The van der Waals surface area contributed by atoms with E-state index in [-0.39, 0.29) is 18.0 Å². The van der Waals surface area contributed by atoms with Gasteiger partial charge >= 0.3 is 6.18 Å². The molecule has 1 fully saturated rings. The van der Waals surface area contributed by atoms with Gasteiger partial charge in [-0.25, -0.2) is 0 Å². The van der Waals surface area contributed by atoms with Crippen molar-refractivity contribution in [1.29, 1.82) is 5.26 Å². The van der Waals surface area contributed by atoms with Gasteiger partial charge in [0.05, 0.1) is 46.2 Å². The zero-order valence-electron chi connectivity index (χ0n) is 18.6. The third-order valence-corrected chi connectivity index (χ3v) is 6.83. The van der Waals surface area contributed by atoms with Crippen molar-refractivity contribution >= 4 is 0 Å². The maximum absolute atomic E-state index is 13.5. The minimum absolute atomic E-state index is 0.101. The fourth-order valence-electron chi connectivity index (χ4n) is 5.23. The molecule has 182 valence electrons. The molecular weight excluding hydrogens is 465 g/mol. The van der Waals surface area contributed by atoms with E-state index in [9.17, 15) is 28.5 Å². The molecule has 0 spiro atoms. The van der Waals surface area contributed by atoms with E-state index in [1.54, 1.807) is 19.1 Å². The molecule has 2 aliphatic rings.